The minimum absolute atomic E-state index is 0. The molecule has 0 aliphatic carbocycles. The van der Waals surface area contributed by atoms with Crippen LogP contribution in [0.15, 0.2) is 24.3 Å². The summed E-state index contributed by atoms with van der Waals surface area (Å²) in [7, 11) is -3.12. The second kappa shape index (κ2) is 8.04. The average molecular weight is 320 g/mol. The molecule has 3 nitrogen and oxygen atoms in total. The van der Waals surface area contributed by atoms with E-state index < -0.39 is 22.3 Å². The predicted molar refractivity (Wildman–Crippen MR) is 65.0 cm³/mol. The van der Waals surface area contributed by atoms with Crippen molar-refractivity contribution in [1.29, 1.82) is 0 Å². The minimum atomic E-state index is -5.13. The van der Waals surface area contributed by atoms with Crippen molar-refractivity contribution in [3.05, 3.63) is 24.3 Å². The Hall–Kier alpha value is 0.461. The topological polar surface area (TPSA) is 43.4 Å². The molecule has 1 aromatic rings. The van der Waals surface area contributed by atoms with E-state index >= 15 is 0 Å². The van der Waals surface area contributed by atoms with Crippen LogP contribution in [0.3, 0.4) is 0 Å². The molecular weight excluding hydrogens is 307 g/mol. The summed E-state index contributed by atoms with van der Waals surface area (Å²) in [4.78, 5) is 0. The molecule has 1 rings (SSSR count). The van der Waals surface area contributed by atoms with Crippen LogP contribution in [0.4, 0.5) is 12.9 Å². The maximum Gasteiger partial charge on any atom is 1.00 e. The van der Waals surface area contributed by atoms with Crippen molar-refractivity contribution < 1.29 is 77.5 Å². The van der Waals surface area contributed by atoms with E-state index in [-0.39, 0.29) is 75.9 Å². The van der Waals surface area contributed by atoms with Gasteiger partial charge in [-0.1, -0.05) is 23.7 Å². The van der Waals surface area contributed by atoms with E-state index in [0.717, 1.165) is 12.3 Å². The average Bonchev–Trinajstić information content (AvgIpc) is 2.22. The van der Waals surface area contributed by atoms with Crippen molar-refractivity contribution in [2.75, 3.05) is 18.6 Å². The SMILES string of the molecule is CS(=O)(=O)CCCOc1ccccc1[B-](F)(F)F.[K+]. The molecule has 0 aliphatic rings. The molecule has 0 radical (unpaired) electrons. The zero-order valence-electron chi connectivity index (χ0n) is 10.8. The molecule has 0 spiro atoms. The molecule has 9 heteroatoms. The summed E-state index contributed by atoms with van der Waals surface area (Å²) in [6.45, 7) is -5.19. The predicted octanol–water partition coefficient (Wildman–Crippen LogP) is -1.44. The Bertz CT molecular complexity index is 505. The van der Waals surface area contributed by atoms with Crippen molar-refractivity contribution in [2.24, 2.45) is 0 Å². The molecule has 0 saturated carbocycles. The molecule has 0 aromatic heterocycles. The van der Waals surface area contributed by atoms with Crippen LogP contribution in [-0.4, -0.2) is 34.0 Å². The van der Waals surface area contributed by atoms with Crippen molar-refractivity contribution >= 4 is 22.3 Å². The summed E-state index contributed by atoms with van der Waals surface area (Å²) in [5.74, 6) is -0.356. The summed E-state index contributed by atoms with van der Waals surface area (Å²) >= 11 is 0. The molecule has 0 atom stereocenters. The van der Waals surface area contributed by atoms with Crippen molar-refractivity contribution in [3.63, 3.8) is 0 Å². The molecule has 0 saturated heterocycles. The number of hydrogen-bond acceptors (Lipinski definition) is 3. The second-order valence-corrected chi connectivity index (χ2v) is 6.20. The number of hydrogen-bond donors (Lipinski definition) is 0. The van der Waals surface area contributed by atoms with Gasteiger partial charge in [0.1, 0.15) is 9.84 Å². The monoisotopic (exact) mass is 320 g/mol. The molecule has 0 aliphatic heterocycles. The van der Waals surface area contributed by atoms with Crippen molar-refractivity contribution in [2.45, 2.75) is 6.42 Å². The normalized spacial score (nSPS) is 11.8. The smallest absolute Gasteiger partial charge is 0.497 e. The molecule has 0 bridgehead atoms. The van der Waals surface area contributed by atoms with Gasteiger partial charge in [0.15, 0.2) is 0 Å². The van der Waals surface area contributed by atoms with E-state index in [2.05, 4.69) is 0 Å². The van der Waals surface area contributed by atoms with Crippen LogP contribution in [0.2, 0.25) is 0 Å². The standard InChI is InChI=1S/C10H13BF3O3S.K/c1-18(15,16)8-4-7-17-10-6-3-2-5-9(10)11(12,13)14;/h2-3,5-6H,4,7-8H2,1H3;/q-1;+1. The number of ether oxygens (including phenoxy) is 1. The molecule has 0 amide bonds. The number of halogens is 3. The van der Waals surface area contributed by atoms with Gasteiger partial charge >= 0.3 is 58.4 Å². The number of sulfone groups is 1. The van der Waals surface area contributed by atoms with Gasteiger partial charge in [0.25, 0.3) is 0 Å². The van der Waals surface area contributed by atoms with E-state index in [1.165, 1.54) is 18.2 Å². The maximum atomic E-state index is 12.6. The first-order valence-corrected chi connectivity index (χ1v) is 7.35. The van der Waals surface area contributed by atoms with Crippen LogP contribution in [-0.2, 0) is 9.84 Å². The summed E-state index contributed by atoms with van der Waals surface area (Å²) in [5.41, 5.74) is -0.795. The number of rotatable bonds is 6. The van der Waals surface area contributed by atoms with Crippen LogP contribution < -0.4 is 61.6 Å². The largest absolute Gasteiger partial charge is 1.00 e. The van der Waals surface area contributed by atoms with Gasteiger partial charge in [-0.25, -0.2) is 8.42 Å². The molecule has 0 unspecified atom stereocenters. The Morgan fingerprint density at radius 1 is 1.21 bits per heavy atom. The Morgan fingerprint density at radius 3 is 2.32 bits per heavy atom. The van der Waals surface area contributed by atoms with Crippen LogP contribution >= 0.6 is 0 Å². The molecule has 19 heavy (non-hydrogen) atoms. The molecule has 0 N–H and O–H groups in total. The fourth-order valence-electron chi connectivity index (χ4n) is 1.39. The second-order valence-electron chi connectivity index (χ2n) is 3.94. The van der Waals surface area contributed by atoms with Gasteiger partial charge in [-0.15, -0.1) is 0 Å². The molecule has 0 fully saturated rings. The van der Waals surface area contributed by atoms with E-state index in [1.54, 1.807) is 0 Å². The third kappa shape index (κ3) is 7.72. The van der Waals surface area contributed by atoms with Crippen LogP contribution in [0, 0.1) is 0 Å². The molecule has 1 aromatic carbocycles. The zero-order valence-corrected chi connectivity index (χ0v) is 14.7. The maximum absolute atomic E-state index is 12.6. The Balaban J connectivity index is 0.00000324. The Morgan fingerprint density at radius 2 is 1.79 bits per heavy atom. The number of para-hydroxylation sites is 1. The van der Waals surface area contributed by atoms with Gasteiger partial charge in [0.2, 0.25) is 0 Å². The number of benzene rings is 1. The van der Waals surface area contributed by atoms with Gasteiger partial charge in [0.05, 0.1) is 18.1 Å². The van der Waals surface area contributed by atoms with Crippen molar-refractivity contribution in [3.8, 4) is 5.75 Å². The fraction of sp³-hybridized carbons (Fsp3) is 0.400. The quantitative estimate of drug-likeness (QED) is 0.476. The van der Waals surface area contributed by atoms with Crippen molar-refractivity contribution in [1.82, 2.24) is 0 Å². The molecule has 102 valence electrons. The van der Waals surface area contributed by atoms with Crippen LogP contribution in [0.5, 0.6) is 5.75 Å². The molecule has 0 heterocycles. The summed E-state index contributed by atoms with van der Waals surface area (Å²) in [5, 5.41) is 0. The molecular formula is C10H13BF3KO3S. The zero-order chi connectivity index (χ0) is 13.8. The fourth-order valence-corrected chi connectivity index (χ4v) is 2.03. The van der Waals surface area contributed by atoms with Crippen LogP contribution in [0.25, 0.3) is 0 Å². The third-order valence-corrected chi connectivity index (χ3v) is 3.22. The van der Waals surface area contributed by atoms with Gasteiger partial charge in [-0.2, -0.15) is 0 Å². The minimum Gasteiger partial charge on any atom is -0.497 e. The Labute approximate surface area is 153 Å². The van der Waals surface area contributed by atoms with Gasteiger partial charge < -0.3 is 17.7 Å². The summed E-state index contributed by atoms with van der Waals surface area (Å²) in [6, 6.07) is 4.90. The van der Waals surface area contributed by atoms with Crippen LogP contribution in [0.1, 0.15) is 6.42 Å². The van der Waals surface area contributed by atoms with Gasteiger partial charge in [-0.3, -0.25) is 0 Å². The van der Waals surface area contributed by atoms with E-state index in [4.69, 9.17) is 4.74 Å². The summed E-state index contributed by atoms with van der Waals surface area (Å²) in [6.07, 6.45) is 1.23. The van der Waals surface area contributed by atoms with E-state index in [9.17, 15) is 21.4 Å². The van der Waals surface area contributed by atoms with E-state index in [1.807, 2.05) is 0 Å². The van der Waals surface area contributed by atoms with E-state index in [0.29, 0.717) is 0 Å². The Kier molecular flexibility index (Phi) is 8.23. The third-order valence-electron chi connectivity index (χ3n) is 2.19. The summed E-state index contributed by atoms with van der Waals surface area (Å²) < 4.78 is 64.6. The van der Waals surface area contributed by atoms with Gasteiger partial charge in [-0.05, 0) is 12.5 Å². The first kappa shape index (κ1) is 19.5. The first-order valence-electron chi connectivity index (χ1n) is 5.29. The van der Waals surface area contributed by atoms with Gasteiger partial charge in [0, 0.05) is 6.26 Å². The first-order chi connectivity index (χ1) is 8.20.